The predicted molar refractivity (Wildman–Crippen MR) is 93.2 cm³/mol. The molecule has 2 fully saturated rings. The van der Waals surface area contributed by atoms with Crippen molar-refractivity contribution in [2.75, 3.05) is 6.54 Å². The number of carbonyl (C=O) groups is 1. The van der Waals surface area contributed by atoms with E-state index in [1.807, 2.05) is 19.2 Å². The van der Waals surface area contributed by atoms with E-state index in [9.17, 15) is 4.79 Å². The number of aryl methyl sites for hydroxylation is 1. The summed E-state index contributed by atoms with van der Waals surface area (Å²) < 4.78 is 2.11. The second kappa shape index (κ2) is 6.03. The second-order valence-electron chi connectivity index (χ2n) is 7.46. The van der Waals surface area contributed by atoms with Crippen molar-refractivity contribution in [2.45, 2.75) is 38.5 Å². The van der Waals surface area contributed by atoms with Gasteiger partial charge < -0.3 is 9.88 Å². The van der Waals surface area contributed by atoms with Crippen LogP contribution in [0, 0.1) is 17.8 Å². The Morgan fingerprint density at radius 2 is 2.09 bits per heavy atom. The summed E-state index contributed by atoms with van der Waals surface area (Å²) in [7, 11) is 2.04. The van der Waals surface area contributed by atoms with E-state index < -0.39 is 0 Å². The highest BCUT2D eigenvalue weighted by molar-refractivity contribution is 5.89. The molecule has 2 aromatic rings. The van der Waals surface area contributed by atoms with Gasteiger partial charge in [-0.1, -0.05) is 31.0 Å². The van der Waals surface area contributed by atoms with Gasteiger partial charge in [-0.25, -0.2) is 0 Å². The summed E-state index contributed by atoms with van der Waals surface area (Å²) in [6, 6.07) is 8.31. The van der Waals surface area contributed by atoms with Crippen LogP contribution in [-0.4, -0.2) is 17.0 Å². The Bertz CT molecular complexity index is 718. The van der Waals surface area contributed by atoms with Gasteiger partial charge in [-0.2, -0.15) is 0 Å². The zero-order valence-corrected chi connectivity index (χ0v) is 13.9. The van der Waals surface area contributed by atoms with E-state index in [0.717, 1.165) is 29.9 Å². The molecule has 0 spiro atoms. The first-order valence-corrected chi connectivity index (χ1v) is 9.02. The number of carbonyl (C=O) groups excluding carboxylic acids is 1. The fourth-order valence-corrected chi connectivity index (χ4v) is 4.99. The fourth-order valence-electron chi connectivity index (χ4n) is 4.99. The Morgan fingerprint density at radius 1 is 1.22 bits per heavy atom. The van der Waals surface area contributed by atoms with Gasteiger partial charge in [-0.05, 0) is 48.6 Å². The van der Waals surface area contributed by atoms with Crippen LogP contribution in [0.2, 0.25) is 0 Å². The molecule has 0 aliphatic heterocycles. The van der Waals surface area contributed by atoms with Gasteiger partial charge in [0.2, 0.25) is 5.91 Å². The number of aromatic nitrogens is 1. The number of rotatable bonds is 4. The molecule has 2 aliphatic carbocycles. The monoisotopic (exact) mass is 310 g/mol. The van der Waals surface area contributed by atoms with Crippen LogP contribution in [0.25, 0.3) is 10.9 Å². The standard InChI is InChI=1S/C20H26N2O/c1-22-13-16(18-6-2-3-8-19(18)22)11-20(23)21-12-15-10-9-14-5-4-7-17(14)15/h2-3,6,8,13-15,17H,4-5,7,9-12H2,1H3,(H,21,23)/t14-,15+,17-/m0/s1. The molecule has 4 rings (SSSR count). The number of fused-ring (bicyclic) bond motifs is 2. The molecule has 3 nitrogen and oxygen atoms in total. The van der Waals surface area contributed by atoms with Gasteiger partial charge in [-0.3, -0.25) is 4.79 Å². The van der Waals surface area contributed by atoms with Crippen LogP contribution in [0.3, 0.4) is 0 Å². The highest BCUT2D eigenvalue weighted by Crippen LogP contribution is 2.47. The maximum Gasteiger partial charge on any atom is 0.224 e. The van der Waals surface area contributed by atoms with E-state index in [1.54, 1.807) is 0 Å². The molecular weight excluding hydrogens is 284 g/mol. The number of nitrogens with one attached hydrogen (secondary N) is 1. The van der Waals surface area contributed by atoms with Gasteiger partial charge in [0.25, 0.3) is 0 Å². The largest absolute Gasteiger partial charge is 0.356 e. The quantitative estimate of drug-likeness (QED) is 0.918. The first kappa shape index (κ1) is 14.8. The molecule has 0 radical (unpaired) electrons. The molecule has 122 valence electrons. The van der Waals surface area contributed by atoms with Gasteiger partial charge in [0.1, 0.15) is 0 Å². The molecule has 23 heavy (non-hydrogen) atoms. The lowest BCUT2D eigenvalue weighted by molar-refractivity contribution is -0.120. The molecule has 2 saturated carbocycles. The zero-order chi connectivity index (χ0) is 15.8. The Hall–Kier alpha value is -1.77. The van der Waals surface area contributed by atoms with Crippen LogP contribution in [0.5, 0.6) is 0 Å². The van der Waals surface area contributed by atoms with Crippen molar-refractivity contribution in [3.63, 3.8) is 0 Å². The molecule has 1 aromatic heterocycles. The molecule has 1 aromatic carbocycles. The summed E-state index contributed by atoms with van der Waals surface area (Å²) in [6.07, 6.45) is 9.48. The molecule has 0 bridgehead atoms. The summed E-state index contributed by atoms with van der Waals surface area (Å²) >= 11 is 0. The smallest absolute Gasteiger partial charge is 0.224 e. The molecular formula is C20H26N2O. The Kier molecular flexibility index (Phi) is 3.88. The summed E-state index contributed by atoms with van der Waals surface area (Å²) in [6.45, 7) is 0.880. The minimum absolute atomic E-state index is 0.169. The highest BCUT2D eigenvalue weighted by Gasteiger charge is 2.38. The van der Waals surface area contributed by atoms with E-state index in [4.69, 9.17) is 0 Å². The van der Waals surface area contributed by atoms with Gasteiger partial charge in [0.15, 0.2) is 0 Å². The van der Waals surface area contributed by atoms with E-state index in [-0.39, 0.29) is 5.91 Å². The zero-order valence-electron chi connectivity index (χ0n) is 13.9. The van der Waals surface area contributed by atoms with Crippen LogP contribution >= 0.6 is 0 Å². The summed E-state index contributed by atoms with van der Waals surface area (Å²) in [4.78, 5) is 12.4. The lowest BCUT2D eigenvalue weighted by atomic mass is 9.92. The number of nitrogens with zero attached hydrogens (tertiary/aromatic N) is 1. The number of hydrogen-bond donors (Lipinski definition) is 1. The lowest BCUT2D eigenvalue weighted by Crippen LogP contribution is -2.32. The normalized spacial score (nSPS) is 26.6. The van der Waals surface area contributed by atoms with Crippen molar-refractivity contribution >= 4 is 16.8 Å². The van der Waals surface area contributed by atoms with Gasteiger partial charge in [0, 0.05) is 30.7 Å². The van der Waals surface area contributed by atoms with E-state index in [1.165, 1.54) is 43.0 Å². The first-order chi connectivity index (χ1) is 11.2. The van der Waals surface area contributed by atoms with Gasteiger partial charge in [-0.15, -0.1) is 0 Å². The first-order valence-electron chi connectivity index (χ1n) is 9.02. The van der Waals surface area contributed by atoms with Crippen molar-refractivity contribution < 1.29 is 4.79 Å². The van der Waals surface area contributed by atoms with Crippen molar-refractivity contribution in [2.24, 2.45) is 24.8 Å². The number of hydrogen-bond acceptors (Lipinski definition) is 1. The van der Waals surface area contributed by atoms with Crippen LogP contribution in [0.15, 0.2) is 30.5 Å². The summed E-state index contributed by atoms with van der Waals surface area (Å²) in [5.41, 5.74) is 2.32. The number of benzene rings is 1. The SMILES string of the molecule is Cn1cc(CC(=O)NC[C@H]2CC[C@@H]3CCC[C@@H]32)c2ccccc21. The van der Waals surface area contributed by atoms with Crippen LogP contribution in [0.4, 0.5) is 0 Å². The van der Waals surface area contributed by atoms with Crippen molar-refractivity contribution in [3.05, 3.63) is 36.0 Å². The van der Waals surface area contributed by atoms with Crippen LogP contribution in [0.1, 0.15) is 37.7 Å². The van der Waals surface area contributed by atoms with Crippen molar-refractivity contribution in [1.29, 1.82) is 0 Å². The predicted octanol–water partition coefficient (Wildman–Crippen LogP) is 3.66. The highest BCUT2D eigenvalue weighted by atomic mass is 16.1. The lowest BCUT2D eigenvalue weighted by Gasteiger charge is -2.18. The van der Waals surface area contributed by atoms with E-state index >= 15 is 0 Å². The third-order valence-electron chi connectivity index (χ3n) is 6.12. The van der Waals surface area contributed by atoms with E-state index in [0.29, 0.717) is 6.42 Å². The van der Waals surface area contributed by atoms with E-state index in [2.05, 4.69) is 28.2 Å². The molecule has 0 saturated heterocycles. The Balaban J connectivity index is 1.38. The maximum absolute atomic E-state index is 12.4. The number of amides is 1. The molecule has 1 heterocycles. The van der Waals surface area contributed by atoms with Crippen molar-refractivity contribution in [1.82, 2.24) is 9.88 Å². The Labute approximate surface area is 138 Å². The third kappa shape index (κ3) is 2.77. The van der Waals surface area contributed by atoms with Crippen LogP contribution in [-0.2, 0) is 18.3 Å². The third-order valence-corrected chi connectivity index (χ3v) is 6.12. The number of para-hydroxylation sites is 1. The average Bonchev–Trinajstić information content (AvgIpc) is 3.22. The average molecular weight is 310 g/mol. The van der Waals surface area contributed by atoms with Gasteiger partial charge >= 0.3 is 0 Å². The molecule has 1 N–H and O–H groups in total. The summed E-state index contributed by atoms with van der Waals surface area (Å²) in [5.74, 6) is 2.73. The topological polar surface area (TPSA) is 34.0 Å². The Morgan fingerprint density at radius 3 is 3.00 bits per heavy atom. The van der Waals surface area contributed by atoms with Crippen LogP contribution < -0.4 is 5.32 Å². The molecule has 2 aliphatic rings. The van der Waals surface area contributed by atoms with Crippen molar-refractivity contribution in [3.8, 4) is 0 Å². The maximum atomic E-state index is 12.4. The minimum atomic E-state index is 0.169. The molecule has 3 atom stereocenters. The summed E-state index contributed by atoms with van der Waals surface area (Å²) in [5, 5.41) is 4.41. The molecule has 3 heteroatoms. The molecule has 0 unspecified atom stereocenters. The van der Waals surface area contributed by atoms with Gasteiger partial charge in [0.05, 0.1) is 6.42 Å². The molecule has 1 amide bonds. The fraction of sp³-hybridized carbons (Fsp3) is 0.550. The second-order valence-corrected chi connectivity index (χ2v) is 7.46. The minimum Gasteiger partial charge on any atom is -0.356 e.